The number of hydrogen-bond acceptors (Lipinski definition) is 6. The fourth-order valence-electron chi connectivity index (χ4n) is 4.64. The second kappa shape index (κ2) is 10.0. The minimum atomic E-state index is -0.144. The van der Waals surface area contributed by atoms with E-state index in [0.29, 0.717) is 34.8 Å². The molecule has 176 valence electrons. The molecule has 0 atom stereocenters. The van der Waals surface area contributed by atoms with E-state index in [2.05, 4.69) is 26.8 Å². The molecule has 1 aliphatic rings. The number of fused-ring (bicyclic) bond motifs is 1. The molecule has 4 rings (SSSR count). The lowest BCUT2D eigenvalue weighted by atomic mass is 9.83. The van der Waals surface area contributed by atoms with Crippen molar-refractivity contribution in [2.24, 2.45) is 5.92 Å². The van der Waals surface area contributed by atoms with Crippen molar-refractivity contribution in [3.05, 3.63) is 47.8 Å². The Balaban J connectivity index is 1.55. The Kier molecular flexibility index (Phi) is 6.92. The molecule has 0 aromatic carbocycles. The number of Topliss-reactive ketones (excluding diaryl/α,β-unsaturated/α-hetero) is 1. The number of nitriles is 1. The van der Waals surface area contributed by atoms with Crippen molar-refractivity contribution in [2.75, 3.05) is 5.32 Å². The number of rotatable bonds is 7. The lowest BCUT2D eigenvalue weighted by molar-refractivity contribution is -0.118. The summed E-state index contributed by atoms with van der Waals surface area (Å²) in [5, 5.41) is 20.0. The summed E-state index contributed by atoms with van der Waals surface area (Å²) in [6, 6.07) is 9.79. The Bertz CT molecular complexity index is 1250. The van der Waals surface area contributed by atoms with Gasteiger partial charge in [0.1, 0.15) is 11.9 Å². The van der Waals surface area contributed by atoms with Crippen molar-refractivity contribution in [1.82, 2.24) is 19.9 Å². The van der Waals surface area contributed by atoms with E-state index in [4.69, 9.17) is 5.26 Å². The third-order valence-electron chi connectivity index (χ3n) is 6.24. The zero-order valence-electron chi connectivity index (χ0n) is 19.8. The molecule has 0 spiro atoms. The van der Waals surface area contributed by atoms with Gasteiger partial charge in [-0.15, -0.1) is 0 Å². The van der Waals surface area contributed by atoms with Gasteiger partial charge in [-0.25, -0.2) is 4.52 Å². The number of nitrogens with zero attached hydrogens (tertiary/aromatic N) is 4. The molecule has 8 nitrogen and oxygen atoms in total. The summed E-state index contributed by atoms with van der Waals surface area (Å²) in [7, 11) is 0. The van der Waals surface area contributed by atoms with Crippen molar-refractivity contribution in [1.29, 1.82) is 5.26 Å². The molecule has 1 fully saturated rings. The maximum absolute atomic E-state index is 13.2. The second-order valence-corrected chi connectivity index (χ2v) is 9.42. The van der Waals surface area contributed by atoms with Gasteiger partial charge in [0.2, 0.25) is 0 Å². The molecule has 0 radical (unpaired) electrons. The molecule has 1 saturated carbocycles. The van der Waals surface area contributed by atoms with Crippen LogP contribution in [0, 0.1) is 17.2 Å². The first-order valence-corrected chi connectivity index (χ1v) is 11.8. The van der Waals surface area contributed by atoms with Crippen molar-refractivity contribution in [3.63, 3.8) is 0 Å². The van der Waals surface area contributed by atoms with Gasteiger partial charge >= 0.3 is 0 Å². The number of hydrogen-bond donors (Lipinski definition) is 2. The van der Waals surface area contributed by atoms with E-state index in [1.165, 1.54) is 6.20 Å². The number of carbonyl (C=O) groups excluding carboxylic acids is 2. The van der Waals surface area contributed by atoms with Crippen molar-refractivity contribution in [2.45, 2.75) is 65.0 Å². The minimum absolute atomic E-state index is 0.107. The molecule has 3 aromatic heterocycles. The topological polar surface area (TPSA) is 112 Å². The van der Waals surface area contributed by atoms with Gasteiger partial charge < -0.3 is 15.4 Å². The second-order valence-electron chi connectivity index (χ2n) is 9.42. The first-order valence-electron chi connectivity index (χ1n) is 11.8. The Morgan fingerprint density at radius 3 is 2.62 bits per heavy atom. The molecule has 0 bridgehead atoms. The third kappa shape index (κ3) is 5.25. The summed E-state index contributed by atoms with van der Waals surface area (Å²) >= 11 is 0. The van der Waals surface area contributed by atoms with Crippen LogP contribution in [-0.4, -0.2) is 38.4 Å². The number of carbonyl (C=O) groups is 2. The molecule has 0 unspecified atom stereocenters. The van der Waals surface area contributed by atoms with Crippen LogP contribution in [0.15, 0.2) is 36.7 Å². The van der Waals surface area contributed by atoms with E-state index in [9.17, 15) is 9.59 Å². The van der Waals surface area contributed by atoms with Gasteiger partial charge in [-0.1, -0.05) is 0 Å². The van der Waals surface area contributed by atoms with E-state index in [0.717, 1.165) is 36.9 Å². The molecule has 3 aromatic rings. The van der Waals surface area contributed by atoms with Crippen LogP contribution in [0.4, 0.5) is 5.69 Å². The molecule has 0 aliphatic heterocycles. The smallest absolute Gasteiger partial charge is 0.255 e. The molecule has 0 saturated heterocycles. The fourth-order valence-corrected chi connectivity index (χ4v) is 4.64. The third-order valence-corrected chi connectivity index (χ3v) is 6.24. The van der Waals surface area contributed by atoms with Crippen LogP contribution in [0.5, 0.6) is 0 Å². The summed E-state index contributed by atoms with van der Waals surface area (Å²) < 4.78 is 1.74. The molecular weight excluding hydrogens is 428 g/mol. The molecular formula is C26H30N6O2. The lowest BCUT2D eigenvalue weighted by Crippen LogP contribution is -2.38. The number of nitrogens with one attached hydrogen (secondary N) is 2. The Labute approximate surface area is 199 Å². The number of amides is 1. The monoisotopic (exact) mass is 458 g/mol. The van der Waals surface area contributed by atoms with Crippen LogP contribution in [0.25, 0.3) is 16.9 Å². The number of pyridine rings is 1. The van der Waals surface area contributed by atoms with Gasteiger partial charge in [-0.3, -0.25) is 9.78 Å². The first kappa shape index (κ1) is 23.4. The molecule has 34 heavy (non-hydrogen) atoms. The van der Waals surface area contributed by atoms with Crippen LogP contribution in [-0.2, 0) is 4.79 Å². The number of anilines is 1. The van der Waals surface area contributed by atoms with Gasteiger partial charge in [-0.05, 0) is 76.6 Å². The summed E-state index contributed by atoms with van der Waals surface area (Å²) in [4.78, 5) is 29.1. The summed E-state index contributed by atoms with van der Waals surface area (Å²) in [6.45, 7) is 5.69. The SMILES string of the molecule is CC(=O)CC1CCC(NC(=O)c2cnc(-c3ccc4cc(C#N)cnn34)cc2NC(C)C)CC1. The predicted octanol–water partition coefficient (Wildman–Crippen LogP) is 4.36. The van der Waals surface area contributed by atoms with E-state index >= 15 is 0 Å². The van der Waals surface area contributed by atoms with Crippen LogP contribution >= 0.6 is 0 Å². The zero-order chi connectivity index (χ0) is 24.2. The van der Waals surface area contributed by atoms with Crippen molar-refractivity contribution in [3.8, 4) is 17.5 Å². The first-order chi connectivity index (χ1) is 16.3. The lowest BCUT2D eigenvalue weighted by Gasteiger charge is -2.29. The van der Waals surface area contributed by atoms with Gasteiger partial charge in [0.05, 0.1) is 39.9 Å². The number of ketones is 1. The molecule has 8 heteroatoms. The Morgan fingerprint density at radius 2 is 1.94 bits per heavy atom. The highest BCUT2D eigenvalue weighted by Crippen LogP contribution is 2.29. The van der Waals surface area contributed by atoms with E-state index < -0.39 is 0 Å². The highest BCUT2D eigenvalue weighted by Gasteiger charge is 2.25. The summed E-state index contributed by atoms with van der Waals surface area (Å²) in [5.74, 6) is 0.521. The normalized spacial score (nSPS) is 18.0. The van der Waals surface area contributed by atoms with E-state index in [-0.39, 0.29) is 23.8 Å². The van der Waals surface area contributed by atoms with Crippen molar-refractivity contribution >= 4 is 22.9 Å². The zero-order valence-corrected chi connectivity index (χ0v) is 19.8. The maximum atomic E-state index is 13.2. The average molecular weight is 459 g/mol. The standard InChI is InChI=1S/C26H30N6O2/c1-16(2)30-23-12-24(25-9-8-21-11-19(13-27)14-29-32(21)25)28-15-22(23)26(34)31-20-6-4-18(5-7-20)10-17(3)33/h8-9,11-12,14-16,18,20H,4-7,10H2,1-3H3,(H,28,30)(H,31,34). The van der Waals surface area contributed by atoms with Crippen LogP contribution in [0.1, 0.15) is 68.8 Å². The summed E-state index contributed by atoms with van der Waals surface area (Å²) in [6.07, 6.45) is 7.46. The van der Waals surface area contributed by atoms with Crippen LogP contribution in [0.2, 0.25) is 0 Å². The molecule has 1 amide bonds. The van der Waals surface area contributed by atoms with Crippen LogP contribution < -0.4 is 10.6 Å². The Morgan fingerprint density at radius 1 is 1.18 bits per heavy atom. The molecule has 2 N–H and O–H groups in total. The minimum Gasteiger partial charge on any atom is -0.382 e. The summed E-state index contributed by atoms with van der Waals surface area (Å²) in [5.41, 5.74) is 3.98. The van der Waals surface area contributed by atoms with Gasteiger partial charge in [0, 0.05) is 24.7 Å². The molecule has 1 aliphatic carbocycles. The maximum Gasteiger partial charge on any atom is 0.255 e. The van der Waals surface area contributed by atoms with Gasteiger partial charge in [0.25, 0.3) is 5.91 Å². The average Bonchev–Trinajstić information content (AvgIpc) is 3.22. The van der Waals surface area contributed by atoms with E-state index in [1.54, 1.807) is 23.7 Å². The van der Waals surface area contributed by atoms with Crippen molar-refractivity contribution < 1.29 is 9.59 Å². The highest BCUT2D eigenvalue weighted by atomic mass is 16.1. The number of aromatic nitrogens is 3. The van der Waals surface area contributed by atoms with Gasteiger partial charge in [0.15, 0.2) is 0 Å². The highest BCUT2D eigenvalue weighted by molar-refractivity contribution is 6.00. The fraction of sp³-hybridized carbons (Fsp3) is 0.423. The Hall–Kier alpha value is -3.73. The van der Waals surface area contributed by atoms with Gasteiger partial charge in [-0.2, -0.15) is 10.4 Å². The largest absolute Gasteiger partial charge is 0.382 e. The van der Waals surface area contributed by atoms with E-state index in [1.807, 2.05) is 32.0 Å². The molecule has 3 heterocycles. The predicted molar refractivity (Wildman–Crippen MR) is 130 cm³/mol. The van der Waals surface area contributed by atoms with Crippen LogP contribution in [0.3, 0.4) is 0 Å². The quantitative estimate of drug-likeness (QED) is 0.544.